The molecule has 0 aliphatic heterocycles. The summed E-state index contributed by atoms with van der Waals surface area (Å²) in [5.74, 6) is 0.435. The van der Waals surface area contributed by atoms with Crippen molar-refractivity contribution in [2.45, 2.75) is 73.1 Å². The van der Waals surface area contributed by atoms with Gasteiger partial charge in [-0.1, -0.05) is 83.6 Å². The minimum absolute atomic E-state index is 0.0939. The Morgan fingerprint density at radius 2 is 1.38 bits per heavy atom. The van der Waals surface area contributed by atoms with Gasteiger partial charge in [0.15, 0.2) is 0 Å². The lowest BCUT2D eigenvalue weighted by Gasteiger charge is -2.28. The normalized spacial score (nSPS) is 12.5. The summed E-state index contributed by atoms with van der Waals surface area (Å²) in [5, 5.41) is 14.7. The van der Waals surface area contributed by atoms with Crippen LogP contribution in [0.4, 0.5) is 0 Å². The van der Waals surface area contributed by atoms with E-state index in [1.54, 1.807) is 21.6 Å². The summed E-state index contributed by atoms with van der Waals surface area (Å²) in [7, 11) is 3.27. The van der Waals surface area contributed by atoms with Crippen LogP contribution >= 0.6 is 21.6 Å². The molecule has 0 amide bonds. The van der Waals surface area contributed by atoms with Gasteiger partial charge in [-0.3, -0.25) is 0 Å². The molecule has 0 aromatic heterocycles. The Morgan fingerprint density at radius 1 is 0.958 bits per heavy atom. The molecule has 0 saturated carbocycles. The van der Waals surface area contributed by atoms with E-state index in [2.05, 4.69) is 72.6 Å². The third-order valence-electron chi connectivity index (χ3n) is 3.53. The van der Waals surface area contributed by atoms with Gasteiger partial charge in [0.05, 0.1) is 0 Å². The maximum Gasteiger partial charge on any atom is 0.123 e. The number of allylic oxidation sites excluding steroid dienone is 1. The summed E-state index contributed by atoms with van der Waals surface area (Å²) in [6.45, 7) is 22.7. The van der Waals surface area contributed by atoms with Gasteiger partial charge in [-0.15, -0.1) is 0 Å². The van der Waals surface area contributed by atoms with Crippen LogP contribution in [0, 0.1) is 0 Å². The van der Waals surface area contributed by atoms with Crippen molar-refractivity contribution in [2.75, 3.05) is 0 Å². The van der Waals surface area contributed by atoms with Crippen LogP contribution in [-0.4, -0.2) is 5.11 Å². The molecule has 0 fully saturated rings. The number of hydrogen-bond acceptors (Lipinski definition) is 3. The molecule has 0 saturated heterocycles. The molecule has 1 aromatic rings. The number of aromatic hydroxyl groups is 1. The third kappa shape index (κ3) is 6.60. The first kappa shape index (κ1) is 23.2. The van der Waals surface area contributed by atoms with Gasteiger partial charge in [-0.2, -0.15) is 0 Å². The molecule has 0 spiro atoms. The number of hydrogen-bond donors (Lipinski definition) is 1. The smallest absolute Gasteiger partial charge is 0.123 e. The molecule has 24 heavy (non-hydrogen) atoms. The molecule has 0 unspecified atom stereocenters. The van der Waals surface area contributed by atoms with Gasteiger partial charge in [-0.05, 0) is 51.8 Å². The molecular formula is C21H34OS2. The van der Waals surface area contributed by atoms with E-state index < -0.39 is 0 Å². The molecule has 0 radical (unpaired) electrons. The van der Waals surface area contributed by atoms with Crippen LogP contribution in [-0.2, 0) is 10.8 Å². The van der Waals surface area contributed by atoms with E-state index in [0.29, 0.717) is 5.75 Å². The molecule has 1 N–H and O–H groups in total. The summed E-state index contributed by atoms with van der Waals surface area (Å²) >= 11 is 0. The van der Waals surface area contributed by atoms with Crippen LogP contribution < -0.4 is 0 Å². The predicted molar refractivity (Wildman–Crippen MR) is 116 cm³/mol. The lowest BCUT2D eigenvalue weighted by atomic mass is 9.78. The number of phenols is 1. The molecule has 0 aliphatic carbocycles. The van der Waals surface area contributed by atoms with Gasteiger partial charge in [0.2, 0.25) is 0 Å². The monoisotopic (exact) mass is 366 g/mol. The first-order valence-electron chi connectivity index (χ1n) is 8.46. The van der Waals surface area contributed by atoms with Gasteiger partial charge in [0.25, 0.3) is 0 Å². The number of phenolic OH excluding ortho intramolecular Hbond substituents is 1. The topological polar surface area (TPSA) is 20.2 Å². The quantitative estimate of drug-likeness (QED) is 0.432. The van der Waals surface area contributed by atoms with Crippen molar-refractivity contribution in [1.29, 1.82) is 0 Å². The largest absolute Gasteiger partial charge is 0.507 e. The summed E-state index contributed by atoms with van der Waals surface area (Å²) in [4.78, 5) is 0. The second-order valence-corrected chi connectivity index (χ2v) is 9.69. The van der Waals surface area contributed by atoms with Crippen LogP contribution in [0.5, 0.6) is 5.75 Å². The van der Waals surface area contributed by atoms with Crippen LogP contribution in [0.15, 0.2) is 29.5 Å². The highest BCUT2D eigenvalue weighted by Gasteiger charge is 2.26. The average molecular weight is 367 g/mol. The molecule has 1 nitrogen and oxygen atoms in total. The van der Waals surface area contributed by atoms with Gasteiger partial charge >= 0.3 is 0 Å². The van der Waals surface area contributed by atoms with Crippen molar-refractivity contribution in [3.8, 4) is 5.75 Å². The standard InChI is InChI=1S/C19H28OS2.C2H6/c1-9-21-22-12-13(2)14-10-15(18(3,4)5)17(20)16(11-14)19(6,7)8;1-2/h9-12,20H,1H2,2-8H3;1-2H3/b13-12+;. The molecule has 0 heterocycles. The Balaban J connectivity index is 0.00000254. The Morgan fingerprint density at radius 3 is 1.71 bits per heavy atom. The minimum atomic E-state index is -0.0939. The SMILES string of the molecule is C=CSS/C=C(\C)c1cc(C(C)(C)C)c(O)c(C(C)(C)C)c1.CC. The number of benzene rings is 1. The van der Waals surface area contributed by atoms with Gasteiger partial charge < -0.3 is 5.11 Å². The van der Waals surface area contributed by atoms with Crippen molar-refractivity contribution < 1.29 is 5.11 Å². The second kappa shape index (κ2) is 9.62. The average Bonchev–Trinajstić information content (AvgIpc) is 2.47. The van der Waals surface area contributed by atoms with Crippen LogP contribution in [0.3, 0.4) is 0 Å². The number of rotatable bonds is 4. The molecule has 3 heteroatoms. The lowest BCUT2D eigenvalue weighted by Crippen LogP contribution is -2.17. The summed E-state index contributed by atoms with van der Waals surface area (Å²) in [5.41, 5.74) is 4.19. The van der Waals surface area contributed by atoms with E-state index >= 15 is 0 Å². The van der Waals surface area contributed by atoms with Crippen molar-refractivity contribution in [1.82, 2.24) is 0 Å². The Labute approximate surface area is 157 Å². The maximum absolute atomic E-state index is 10.7. The van der Waals surface area contributed by atoms with Gasteiger partial charge in [0.1, 0.15) is 5.75 Å². The van der Waals surface area contributed by atoms with E-state index in [4.69, 9.17) is 0 Å². The molecule has 1 aromatic carbocycles. The molecule has 0 atom stereocenters. The van der Waals surface area contributed by atoms with E-state index in [9.17, 15) is 5.11 Å². The van der Waals surface area contributed by atoms with Crippen molar-refractivity contribution in [3.63, 3.8) is 0 Å². The van der Waals surface area contributed by atoms with Gasteiger partial charge in [0, 0.05) is 11.1 Å². The third-order valence-corrected chi connectivity index (χ3v) is 5.26. The highest BCUT2D eigenvalue weighted by molar-refractivity contribution is 8.79. The maximum atomic E-state index is 10.7. The first-order chi connectivity index (χ1) is 11.0. The lowest BCUT2D eigenvalue weighted by molar-refractivity contribution is 0.423. The van der Waals surface area contributed by atoms with Crippen molar-refractivity contribution >= 4 is 27.2 Å². The van der Waals surface area contributed by atoms with Gasteiger partial charge in [-0.25, -0.2) is 0 Å². The van der Waals surface area contributed by atoms with E-state index in [0.717, 1.165) is 11.1 Å². The van der Waals surface area contributed by atoms with Crippen LogP contribution in [0.25, 0.3) is 5.57 Å². The fourth-order valence-electron chi connectivity index (χ4n) is 2.21. The summed E-state index contributed by atoms with van der Waals surface area (Å²) < 4.78 is 0. The molecule has 0 bridgehead atoms. The molecular weight excluding hydrogens is 332 g/mol. The fraction of sp³-hybridized carbons (Fsp3) is 0.524. The second-order valence-electron chi connectivity index (χ2n) is 7.58. The molecule has 1 rings (SSSR count). The van der Waals surface area contributed by atoms with Crippen LogP contribution in [0.1, 0.15) is 79.0 Å². The first-order valence-corrected chi connectivity index (χ1v) is 10.7. The van der Waals surface area contributed by atoms with E-state index in [-0.39, 0.29) is 10.8 Å². The zero-order valence-electron chi connectivity index (χ0n) is 16.8. The highest BCUT2D eigenvalue weighted by Crippen LogP contribution is 2.41. The fourth-order valence-corrected chi connectivity index (χ4v) is 3.46. The Bertz CT molecular complexity index is 537. The molecule has 136 valence electrons. The van der Waals surface area contributed by atoms with Crippen molar-refractivity contribution in [2.24, 2.45) is 0 Å². The highest BCUT2D eigenvalue weighted by atomic mass is 33.1. The summed E-state index contributed by atoms with van der Waals surface area (Å²) in [6.07, 6.45) is 0. The zero-order valence-corrected chi connectivity index (χ0v) is 18.4. The Hall–Kier alpha value is -0.800. The predicted octanol–water partition coefficient (Wildman–Crippen LogP) is 7.90. The summed E-state index contributed by atoms with van der Waals surface area (Å²) in [6, 6.07) is 4.24. The van der Waals surface area contributed by atoms with E-state index in [1.165, 1.54) is 11.1 Å². The Kier molecular flexibility index (Phi) is 9.30. The van der Waals surface area contributed by atoms with Crippen LogP contribution in [0.2, 0.25) is 0 Å². The van der Waals surface area contributed by atoms with Crippen molar-refractivity contribution in [3.05, 3.63) is 46.2 Å². The minimum Gasteiger partial charge on any atom is -0.507 e. The van der Waals surface area contributed by atoms with E-state index in [1.807, 2.05) is 19.3 Å². The molecule has 0 aliphatic rings. The zero-order chi connectivity index (χ0) is 19.1.